The van der Waals surface area contributed by atoms with E-state index >= 15 is 0 Å². The van der Waals surface area contributed by atoms with Crippen LogP contribution < -0.4 is 35.2 Å². The molecule has 0 radical (unpaired) electrons. The van der Waals surface area contributed by atoms with Crippen LogP contribution in [0, 0.1) is 0 Å². The zero-order chi connectivity index (χ0) is 21.5. The van der Waals surface area contributed by atoms with Crippen LogP contribution in [0.15, 0.2) is 95.8 Å². The summed E-state index contributed by atoms with van der Waals surface area (Å²) in [4.78, 5) is 13.8. The van der Waals surface area contributed by atoms with Crippen molar-refractivity contribution in [3.05, 3.63) is 101 Å². The van der Waals surface area contributed by atoms with Crippen molar-refractivity contribution in [2.75, 3.05) is 0 Å². The number of unbranched alkanes of at least 4 members (excludes halogenated alkanes) is 4. The van der Waals surface area contributed by atoms with Crippen molar-refractivity contribution in [1.82, 2.24) is 9.13 Å². The maximum absolute atomic E-state index is 13.8. The topological polar surface area (TPSA) is 26.9 Å². The Morgan fingerprint density at radius 1 is 0.625 bits per heavy atom. The molecule has 4 heteroatoms. The third-order valence-electron chi connectivity index (χ3n) is 5.73. The minimum atomic E-state index is 0. The van der Waals surface area contributed by atoms with E-state index in [0.29, 0.717) is 0 Å². The number of imidazole rings is 1. The van der Waals surface area contributed by atoms with Crippen molar-refractivity contribution < 1.29 is 29.6 Å². The van der Waals surface area contributed by atoms with Gasteiger partial charge in [0.15, 0.2) is 0 Å². The number of benzene rings is 3. The zero-order valence-corrected chi connectivity index (χ0v) is 21.2. The molecule has 0 spiro atoms. The van der Waals surface area contributed by atoms with Gasteiger partial charge in [-0.2, -0.15) is 0 Å². The molecule has 1 aromatic heterocycles. The standard InChI is InChI=1S/C28H30N2O.Na/c1-2-3-4-5-15-22-29-26(23-16-9-6-10-17-23)27(24-18-11-7-12-19-24)30(28(29)31)25-20-13-8-14-21-25;/h6-14,16-21H,2-5,15,22H2,1H3;/q;+1. The maximum Gasteiger partial charge on any atom is 1.00 e. The molecule has 0 bridgehead atoms. The second kappa shape index (κ2) is 12.1. The molecule has 1 heterocycles. The van der Waals surface area contributed by atoms with Gasteiger partial charge in [0.05, 0.1) is 17.1 Å². The second-order valence-electron chi connectivity index (χ2n) is 7.95. The van der Waals surface area contributed by atoms with Gasteiger partial charge in [-0.3, -0.25) is 9.13 Å². The molecule has 3 nitrogen and oxygen atoms in total. The van der Waals surface area contributed by atoms with Crippen molar-refractivity contribution in [3.8, 4) is 28.2 Å². The van der Waals surface area contributed by atoms with Crippen LogP contribution in [0.5, 0.6) is 0 Å². The van der Waals surface area contributed by atoms with Crippen LogP contribution in [0.3, 0.4) is 0 Å². The third-order valence-corrected chi connectivity index (χ3v) is 5.73. The molecular weight excluding hydrogens is 403 g/mol. The van der Waals surface area contributed by atoms with Crippen molar-refractivity contribution in [3.63, 3.8) is 0 Å². The first kappa shape index (κ1) is 24.3. The summed E-state index contributed by atoms with van der Waals surface area (Å²) in [5.74, 6) is 0. The minimum absolute atomic E-state index is 0. The van der Waals surface area contributed by atoms with E-state index in [1.165, 1.54) is 19.3 Å². The van der Waals surface area contributed by atoms with Gasteiger partial charge >= 0.3 is 35.2 Å². The van der Waals surface area contributed by atoms with Crippen LogP contribution in [0.4, 0.5) is 0 Å². The van der Waals surface area contributed by atoms with E-state index < -0.39 is 0 Å². The Balaban J connectivity index is 0.00000289. The molecule has 0 saturated heterocycles. The first-order valence-corrected chi connectivity index (χ1v) is 11.3. The van der Waals surface area contributed by atoms with E-state index in [-0.39, 0.29) is 35.2 Å². The summed E-state index contributed by atoms with van der Waals surface area (Å²) in [5, 5.41) is 0. The van der Waals surface area contributed by atoms with Crippen LogP contribution in [0.25, 0.3) is 28.2 Å². The summed E-state index contributed by atoms with van der Waals surface area (Å²) in [6, 6.07) is 30.5. The molecular formula is C28H30N2NaO+. The van der Waals surface area contributed by atoms with Gasteiger partial charge in [0.2, 0.25) is 0 Å². The SMILES string of the molecule is CCCCCCCn1c(-c2ccccc2)c(-c2ccccc2)n(-c2ccccc2)c1=O.[Na+]. The summed E-state index contributed by atoms with van der Waals surface area (Å²) >= 11 is 0. The van der Waals surface area contributed by atoms with Gasteiger partial charge in [-0.25, -0.2) is 4.79 Å². The van der Waals surface area contributed by atoms with Crippen LogP contribution in [0.2, 0.25) is 0 Å². The number of hydrogen-bond donors (Lipinski definition) is 0. The molecule has 0 aliphatic rings. The second-order valence-corrected chi connectivity index (χ2v) is 7.95. The predicted octanol–water partition coefficient (Wildman–Crippen LogP) is 3.95. The number of aromatic nitrogens is 2. The fourth-order valence-corrected chi connectivity index (χ4v) is 4.19. The van der Waals surface area contributed by atoms with Gasteiger partial charge in [0, 0.05) is 17.7 Å². The first-order valence-electron chi connectivity index (χ1n) is 11.3. The van der Waals surface area contributed by atoms with E-state index in [9.17, 15) is 4.79 Å². The van der Waals surface area contributed by atoms with Gasteiger partial charge in [0.1, 0.15) is 0 Å². The Morgan fingerprint density at radius 3 is 1.69 bits per heavy atom. The molecule has 4 aromatic rings. The fraction of sp³-hybridized carbons (Fsp3) is 0.250. The number of para-hydroxylation sites is 1. The monoisotopic (exact) mass is 433 g/mol. The number of nitrogens with zero attached hydrogens (tertiary/aromatic N) is 2. The van der Waals surface area contributed by atoms with E-state index in [2.05, 4.69) is 31.2 Å². The van der Waals surface area contributed by atoms with Crippen LogP contribution >= 0.6 is 0 Å². The van der Waals surface area contributed by atoms with Gasteiger partial charge in [-0.1, -0.05) is 111 Å². The molecule has 0 unspecified atom stereocenters. The molecule has 0 N–H and O–H groups in total. The average molecular weight is 434 g/mol. The first-order chi connectivity index (χ1) is 15.3. The zero-order valence-electron chi connectivity index (χ0n) is 19.2. The van der Waals surface area contributed by atoms with E-state index in [0.717, 1.165) is 47.6 Å². The molecule has 0 saturated carbocycles. The normalized spacial score (nSPS) is 10.7. The van der Waals surface area contributed by atoms with Gasteiger partial charge in [-0.05, 0) is 18.6 Å². The Bertz CT molecular complexity index is 1150. The molecule has 0 fully saturated rings. The van der Waals surface area contributed by atoms with Gasteiger partial charge in [0.25, 0.3) is 0 Å². The van der Waals surface area contributed by atoms with Crippen LogP contribution in [-0.4, -0.2) is 9.13 Å². The fourth-order valence-electron chi connectivity index (χ4n) is 4.19. The van der Waals surface area contributed by atoms with Gasteiger partial charge in [-0.15, -0.1) is 0 Å². The number of hydrogen-bond acceptors (Lipinski definition) is 1. The summed E-state index contributed by atoms with van der Waals surface area (Å²) < 4.78 is 3.86. The molecule has 158 valence electrons. The van der Waals surface area contributed by atoms with E-state index in [1.54, 1.807) is 0 Å². The minimum Gasteiger partial charge on any atom is -0.291 e. The van der Waals surface area contributed by atoms with Crippen molar-refractivity contribution in [2.24, 2.45) is 0 Å². The molecule has 32 heavy (non-hydrogen) atoms. The van der Waals surface area contributed by atoms with Crippen molar-refractivity contribution in [2.45, 2.75) is 45.6 Å². The van der Waals surface area contributed by atoms with E-state index in [4.69, 9.17) is 0 Å². The smallest absolute Gasteiger partial charge is 0.291 e. The molecule has 4 rings (SSSR count). The third kappa shape index (κ3) is 5.35. The number of rotatable bonds is 9. The summed E-state index contributed by atoms with van der Waals surface area (Å²) in [6.07, 6.45) is 5.84. The Morgan fingerprint density at radius 2 is 1.12 bits per heavy atom. The Hall–Kier alpha value is -2.33. The van der Waals surface area contributed by atoms with Crippen LogP contribution in [-0.2, 0) is 6.54 Å². The molecule has 0 atom stereocenters. The average Bonchev–Trinajstić information content (AvgIpc) is 3.12. The van der Waals surface area contributed by atoms with Crippen molar-refractivity contribution in [1.29, 1.82) is 0 Å². The predicted molar refractivity (Wildman–Crippen MR) is 130 cm³/mol. The quantitative estimate of drug-likeness (QED) is 0.290. The summed E-state index contributed by atoms with van der Waals surface area (Å²) in [6.45, 7) is 2.95. The Kier molecular flexibility index (Phi) is 9.16. The maximum atomic E-state index is 13.8. The van der Waals surface area contributed by atoms with E-state index in [1.807, 2.05) is 75.9 Å². The summed E-state index contributed by atoms with van der Waals surface area (Å²) in [7, 11) is 0. The molecule has 0 aliphatic heterocycles. The largest absolute Gasteiger partial charge is 1.00 e. The molecule has 0 aliphatic carbocycles. The molecule has 3 aromatic carbocycles. The van der Waals surface area contributed by atoms with Crippen molar-refractivity contribution >= 4 is 0 Å². The summed E-state index contributed by atoms with van der Waals surface area (Å²) in [5.41, 5.74) is 4.99. The van der Waals surface area contributed by atoms with Gasteiger partial charge < -0.3 is 0 Å². The molecule has 0 amide bonds. The Labute approximate surface area is 213 Å². The van der Waals surface area contributed by atoms with Crippen LogP contribution in [0.1, 0.15) is 39.0 Å².